The Morgan fingerprint density at radius 2 is 2.00 bits per heavy atom. The molecule has 0 saturated carbocycles. The SMILES string of the molecule is COc1ccc(-c2cn3ccc(C)cc3n2)cc1NC(=O)c1cccc(Br)c1. The number of carbonyl (C=O) groups excluding carboxylic acids is 1. The van der Waals surface area contributed by atoms with Crippen LogP contribution in [0.4, 0.5) is 5.69 Å². The number of hydrogen-bond donors (Lipinski definition) is 1. The zero-order valence-electron chi connectivity index (χ0n) is 15.4. The van der Waals surface area contributed by atoms with Gasteiger partial charge in [0.05, 0.1) is 18.5 Å². The predicted molar refractivity (Wildman–Crippen MR) is 114 cm³/mol. The van der Waals surface area contributed by atoms with Gasteiger partial charge in [0.15, 0.2) is 0 Å². The molecule has 0 fully saturated rings. The van der Waals surface area contributed by atoms with Crippen LogP contribution in [-0.2, 0) is 0 Å². The van der Waals surface area contributed by atoms with Crippen LogP contribution < -0.4 is 10.1 Å². The second-order valence-electron chi connectivity index (χ2n) is 6.48. The molecule has 0 aliphatic rings. The number of methoxy groups -OCH3 is 1. The first-order valence-corrected chi connectivity index (χ1v) is 9.53. The van der Waals surface area contributed by atoms with E-state index in [1.54, 1.807) is 19.2 Å². The van der Waals surface area contributed by atoms with Gasteiger partial charge in [-0.3, -0.25) is 4.79 Å². The third-order valence-electron chi connectivity index (χ3n) is 4.45. The normalized spacial score (nSPS) is 10.8. The molecule has 0 aliphatic carbocycles. The number of hydrogen-bond acceptors (Lipinski definition) is 3. The first-order chi connectivity index (χ1) is 13.5. The Bertz CT molecular complexity index is 1180. The van der Waals surface area contributed by atoms with Gasteiger partial charge in [-0.2, -0.15) is 0 Å². The average molecular weight is 436 g/mol. The molecule has 5 nitrogen and oxygen atoms in total. The second kappa shape index (κ2) is 7.48. The highest BCUT2D eigenvalue weighted by Gasteiger charge is 2.13. The van der Waals surface area contributed by atoms with Crippen LogP contribution >= 0.6 is 15.9 Å². The lowest BCUT2D eigenvalue weighted by atomic mass is 10.1. The molecule has 1 amide bonds. The third kappa shape index (κ3) is 3.64. The van der Waals surface area contributed by atoms with Crippen molar-refractivity contribution in [3.8, 4) is 17.0 Å². The number of aromatic nitrogens is 2. The molecular weight excluding hydrogens is 418 g/mol. The molecule has 0 radical (unpaired) electrons. The minimum Gasteiger partial charge on any atom is -0.495 e. The van der Waals surface area contributed by atoms with E-state index in [-0.39, 0.29) is 5.91 Å². The van der Waals surface area contributed by atoms with Gasteiger partial charge in [-0.05, 0) is 61.0 Å². The first kappa shape index (κ1) is 18.3. The summed E-state index contributed by atoms with van der Waals surface area (Å²) in [5.74, 6) is 0.383. The van der Waals surface area contributed by atoms with E-state index in [9.17, 15) is 4.79 Å². The summed E-state index contributed by atoms with van der Waals surface area (Å²) in [6.07, 6.45) is 3.96. The molecule has 2 heterocycles. The van der Waals surface area contributed by atoms with E-state index in [0.29, 0.717) is 17.0 Å². The molecular formula is C22H18BrN3O2. The molecule has 2 aromatic carbocycles. The summed E-state index contributed by atoms with van der Waals surface area (Å²) >= 11 is 3.39. The first-order valence-electron chi connectivity index (χ1n) is 8.74. The van der Waals surface area contributed by atoms with Crippen molar-refractivity contribution in [2.75, 3.05) is 12.4 Å². The molecule has 0 saturated heterocycles. The summed E-state index contributed by atoms with van der Waals surface area (Å²) in [7, 11) is 1.58. The van der Waals surface area contributed by atoms with Gasteiger partial charge in [-0.15, -0.1) is 0 Å². The number of fused-ring (bicyclic) bond motifs is 1. The van der Waals surface area contributed by atoms with E-state index in [2.05, 4.69) is 21.2 Å². The van der Waals surface area contributed by atoms with Crippen LogP contribution in [0.5, 0.6) is 5.75 Å². The number of ether oxygens (including phenoxy) is 1. The van der Waals surface area contributed by atoms with Crippen LogP contribution in [0.15, 0.2) is 71.5 Å². The Kier molecular flexibility index (Phi) is 4.88. The molecule has 2 aromatic heterocycles. The zero-order chi connectivity index (χ0) is 19.7. The summed E-state index contributed by atoms with van der Waals surface area (Å²) in [5.41, 5.74) is 4.91. The van der Waals surface area contributed by atoms with Gasteiger partial charge in [0.1, 0.15) is 11.4 Å². The van der Waals surface area contributed by atoms with Crippen LogP contribution in [0.1, 0.15) is 15.9 Å². The smallest absolute Gasteiger partial charge is 0.255 e. The fourth-order valence-corrected chi connectivity index (χ4v) is 3.41. The number of carbonyl (C=O) groups is 1. The lowest BCUT2D eigenvalue weighted by Gasteiger charge is -2.12. The maximum Gasteiger partial charge on any atom is 0.255 e. The van der Waals surface area contributed by atoms with Crippen molar-refractivity contribution < 1.29 is 9.53 Å². The molecule has 28 heavy (non-hydrogen) atoms. The van der Waals surface area contributed by atoms with Gasteiger partial charge in [0, 0.05) is 28.0 Å². The highest BCUT2D eigenvalue weighted by molar-refractivity contribution is 9.10. The van der Waals surface area contributed by atoms with E-state index < -0.39 is 0 Å². The van der Waals surface area contributed by atoms with Gasteiger partial charge in [-0.1, -0.05) is 22.0 Å². The molecule has 0 unspecified atom stereocenters. The number of amides is 1. The van der Waals surface area contributed by atoms with Crippen molar-refractivity contribution in [1.82, 2.24) is 9.38 Å². The van der Waals surface area contributed by atoms with Gasteiger partial charge in [0.25, 0.3) is 5.91 Å². The van der Waals surface area contributed by atoms with Gasteiger partial charge >= 0.3 is 0 Å². The molecule has 1 N–H and O–H groups in total. The fourth-order valence-electron chi connectivity index (χ4n) is 3.01. The lowest BCUT2D eigenvalue weighted by Crippen LogP contribution is -2.12. The number of aryl methyl sites for hydroxylation is 1. The van der Waals surface area contributed by atoms with Gasteiger partial charge in [0.2, 0.25) is 0 Å². The molecule has 6 heteroatoms. The maximum absolute atomic E-state index is 12.7. The summed E-state index contributed by atoms with van der Waals surface area (Å²) < 4.78 is 8.25. The van der Waals surface area contributed by atoms with E-state index in [1.165, 1.54) is 0 Å². The van der Waals surface area contributed by atoms with Crippen molar-refractivity contribution in [3.05, 3.63) is 82.6 Å². The fraction of sp³-hybridized carbons (Fsp3) is 0.0909. The number of anilines is 1. The number of rotatable bonds is 4. The van der Waals surface area contributed by atoms with Crippen molar-refractivity contribution >= 4 is 33.2 Å². The maximum atomic E-state index is 12.7. The number of benzene rings is 2. The van der Waals surface area contributed by atoms with Crippen LogP contribution in [0, 0.1) is 6.92 Å². The predicted octanol–water partition coefficient (Wildman–Crippen LogP) is 5.33. The van der Waals surface area contributed by atoms with Crippen LogP contribution in [0.25, 0.3) is 16.9 Å². The lowest BCUT2D eigenvalue weighted by molar-refractivity contribution is 0.102. The summed E-state index contributed by atoms with van der Waals surface area (Å²) in [6, 6.07) is 17.0. The average Bonchev–Trinajstić information content (AvgIpc) is 3.11. The highest BCUT2D eigenvalue weighted by Crippen LogP contribution is 2.31. The van der Waals surface area contributed by atoms with E-state index in [0.717, 1.165) is 26.9 Å². The van der Waals surface area contributed by atoms with Crippen molar-refractivity contribution in [2.24, 2.45) is 0 Å². The molecule has 140 valence electrons. The second-order valence-corrected chi connectivity index (χ2v) is 7.39. The van der Waals surface area contributed by atoms with E-state index >= 15 is 0 Å². The molecule has 4 rings (SSSR count). The van der Waals surface area contributed by atoms with Gasteiger partial charge in [-0.25, -0.2) is 4.98 Å². The molecule has 0 aliphatic heterocycles. The Morgan fingerprint density at radius 3 is 2.79 bits per heavy atom. The topological polar surface area (TPSA) is 55.6 Å². The minimum atomic E-state index is -0.206. The van der Waals surface area contributed by atoms with Crippen molar-refractivity contribution in [1.29, 1.82) is 0 Å². The standard InChI is InChI=1S/C22H18BrN3O2/c1-14-8-9-26-13-19(24-21(26)10-14)15-6-7-20(28-2)18(12-15)25-22(27)16-4-3-5-17(23)11-16/h3-13H,1-2H3,(H,25,27). The number of nitrogens with zero attached hydrogens (tertiary/aromatic N) is 2. The zero-order valence-corrected chi connectivity index (χ0v) is 17.0. The van der Waals surface area contributed by atoms with Gasteiger partial charge < -0.3 is 14.5 Å². The molecule has 0 bridgehead atoms. The van der Waals surface area contributed by atoms with Crippen LogP contribution in [0.2, 0.25) is 0 Å². The number of nitrogens with one attached hydrogen (secondary N) is 1. The van der Waals surface area contributed by atoms with Crippen molar-refractivity contribution in [3.63, 3.8) is 0 Å². The molecule has 4 aromatic rings. The third-order valence-corrected chi connectivity index (χ3v) is 4.94. The summed E-state index contributed by atoms with van der Waals surface area (Å²) in [4.78, 5) is 17.3. The highest BCUT2D eigenvalue weighted by atomic mass is 79.9. The Labute approximate surface area is 171 Å². The monoisotopic (exact) mass is 435 g/mol. The molecule has 0 atom stereocenters. The Hall–Kier alpha value is -3.12. The van der Waals surface area contributed by atoms with Crippen LogP contribution in [-0.4, -0.2) is 22.4 Å². The largest absolute Gasteiger partial charge is 0.495 e. The number of halogens is 1. The number of imidazole rings is 1. The van der Waals surface area contributed by atoms with E-state index in [4.69, 9.17) is 9.72 Å². The summed E-state index contributed by atoms with van der Waals surface area (Å²) in [5, 5.41) is 2.94. The Morgan fingerprint density at radius 1 is 1.14 bits per heavy atom. The molecule has 0 spiro atoms. The van der Waals surface area contributed by atoms with Crippen molar-refractivity contribution in [2.45, 2.75) is 6.92 Å². The summed E-state index contributed by atoms with van der Waals surface area (Å²) in [6.45, 7) is 2.04. The number of pyridine rings is 1. The van der Waals surface area contributed by atoms with E-state index in [1.807, 2.05) is 66.2 Å². The quantitative estimate of drug-likeness (QED) is 0.470. The van der Waals surface area contributed by atoms with Crippen LogP contribution in [0.3, 0.4) is 0 Å². The Balaban J connectivity index is 1.69. The minimum absolute atomic E-state index is 0.206.